The van der Waals surface area contributed by atoms with Crippen LogP contribution in [-0.4, -0.2) is 29.6 Å². The van der Waals surface area contributed by atoms with Crippen LogP contribution in [0.4, 0.5) is 11.8 Å². The van der Waals surface area contributed by atoms with Crippen molar-refractivity contribution in [1.29, 1.82) is 0 Å². The molecule has 0 aromatic carbocycles. The first-order valence-corrected chi connectivity index (χ1v) is 7.41. The van der Waals surface area contributed by atoms with Crippen molar-refractivity contribution in [3.05, 3.63) is 11.8 Å². The summed E-state index contributed by atoms with van der Waals surface area (Å²) in [6, 6.07) is 2.02. The Morgan fingerprint density at radius 2 is 1.79 bits per heavy atom. The van der Waals surface area contributed by atoms with Gasteiger partial charge in [0.1, 0.15) is 5.82 Å². The maximum absolute atomic E-state index is 4.65. The highest BCUT2D eigenvalue weighted by molar-refractivity contribution is 5.43. The molecule has 0 aliphatic carbocycles. The van der Waals surface area contributed by atoms with Crippen LogP contribution in [0.25, 0.3) is 0 Å². The Morgan fingerprint density at radius 1 is 1.16 bits per heavy atom. The number of nitrogens with zero attached hydrogens (tertiary/aromatic N) is 3. The first kappa shape index (κ1) is 15.7. The Bertz CT molecular complexity index is 370. The lowest BCUT2D eigenvalue weighted by atomic mass is 10.2. The first-order chi connectivity index (χ1) is 9.06. The van der Waals surface area contributed by atoms with Crippen LogP contribution in [0.1, 0.15) is 46.2 Å². The second-order valence-corrected chi connectivity index (χ2v) is 5.46. The van der Waals surface area contributed by atoms with Crippen molar-refractivity contribution in [2.75, 3.05) is 29.9 Å². The number of anilines is 2. The Kier molecular flexibility index (Phi) is 6.60. The molecule has 0 spiro atoms. The topological polar surface area (TPSA) is 41.1 Å². The Balaban J connectivity index is 2.86. The lowest BCUT2D eigenvalue weighted by molar-refractivity contribution is 0.684. The number of aryl methyl sites for hydroxylation is 1. The van der Waals surface area contributed by atoms with Crippen LogP contribution in [0, 0.1) is 12.8 Å². The lowest BCUT2D eigenvalue weighted by Gasteiger charge is -2.22. The molecule has 0 aliphatic heterocycles. The van der Waals surface area contributed by atoms with Crippen LogP contribution in [0.3, 0.4) is 0 Å². The van der Waals surface area contributed by atoms with Gasteiger partial charge in [0, 0.05) is 31.4 Å². The third-order valence-electron chi connectivity index (χ3n) is 2.80. The van der Waals surface area contributed by atoms with Gasteiger partial charge < -0.3 is 10.2 Å². The largest absolute Gasteiger partial charge is 0.370 e. The third-order valence-corrected chi connectivity index (χ3v) is 2.80. The molecule has 4 nitrogen and oxygen atoms in total. The zero-order valence-electron chi connectivity index (χ0n) is 13.0. The number of aromatic nitrogens is 2. The molecule has 19 heavy (non-hydrogen) atoms. The zero-order valence-corrected chi connectivity index (χ0v) is 13.0. The highest BCUT2D eigenvalue weighted by Gasteiger charge is 2.10. The zero-order chi connectivity index (χ0) is 14.3. The Hall–Kier alpha value is -1.32. The van der Waals surface area contributed by atoms with Gasteiger partial charge in [-0.2, -0.15) is 4.98 Å². The van der Waals surface area contributed by atoms with Crippen molar-refractivity contribution in [3.8, 4) is 0 Å². The van der Waals surface area contributed by atoms with E-state index in [4.69, 9.17) is 0 Å². The first-order valence-electron chi connectivity index (χ1n) is 7.41. The van der Waals surface area contributed by atoms with E-state index in [9.17, 15) is 0 Å². The minimum absolute atomic E-state index is 0.612. The smallest absolute Gasteiger partial charge is 0.227 e. The van der Waals surface area contributed by atoms with Crippen molar-refractivity contribution < 1.29 is 0 Å². The van der Waals surface area contributed by atoms with E-state index in [1.165, 1.54) is 0 Å². The molecule has 1 rings (SSSR count). The summed E-state index contributed by atoms with van der Waals surface area (Å²) >= 11 is 0. The minimum atomic E-state index is 0.612. The molecular weight excluding hydrogens is 236 g/mol. The monoisotopic (exact) mass is 264 g/mol. The normalized spacial score (nSPS) is 10.8. The number of hydrogen-bond donors (Lipinski definition) is 1. The van der Waals surface area contributed by atoms with E-state index < -0.39 is 0 Å². The Morgan fingerprint density at radius 3 is 2.32 bits per heavy atom. The van der Waals surface area contributed by atoms with E-state index in [0.29, 0.717) is 5.92 Å². The average molecular weight is 264 g/mol. The van der Waals surface area contributed by atoms with Crippen LogP contribution < -0.4 is 10.2 Å². The summed E-state index contributed by atoms with van der Waals surface area (Å²) in [7, 11) is 0. The number of rotatable bonds is 8. The van der Waals surface area contributed by atoms with Gasteiger partial charge in [-0.1, -0.05) is 27.7 Å². The molecule has 4 heteroatoms. The lowest BCUT2D eigenvalue weighted by Crippen LogP contribution is -2.27. The van der Waals surface area contributed by atoms with Crippen molar-refractivity contribution >= 4 is 11.8 Å². The van der Waals surface area contributed by atoms with Gasteiger partial charge in [-0.15, -0.1) is 0 Å². The summed E-state index contributed by atoms with van der Waals surface area (Å²) in [5.41, 5.74) is 1.02. The highest BCUT2D eigenvalue weighted by atomic mass is 15.3. The standard InChI is InChI=1S/C15H28N4/c1-6-8-19(9-7-2)15-17-13(5)10-14(18-15)16-11-12(3)4/h10,12H,6-9,11H2,1-5H3,(H,16,17,18). The summed E-state index contributed by atoms with van der Waals surface area (Å²) < 4.78 is 0. The van der Waals surface area contributed by atoms with Gasteiger partial charge in [-0.05, 0) is 25.7 Å². The molecule has 1 heterocycles. The molecule has 0 saturated carbocycles. The van der Waals surface area contributed by atoms with E-state index in [0.717, 1.165) is 49.9 Å². The maximum atomic E-state index is 4.65. The van der Waals surface area contributed by atoms with Gasteiger partial charge in [-0.3, -0.25) is 0 Å². The fourth-order valence-electron chi connectivity index (χ4n) is 1.95. The molecule has 0 amide bonds. The van der Waals surface area contributed by atoms with Gasteiger partial charge >= 0.3 is 0 Å². The predicted octanol–water partition coefficient (Wildman–Crippen LogP) is 3.48. The molecule has 0 bridgehead atoms. The quantitative estimate of drug-likeness (QED) is 0.780. The molecule has 1 aromatic heterocycles. The van der Waals surface area contributed by atoms with E-state index in [2.05, 4.69) is 47.9 Å². The molecule has 0 unspecified atom stereocenters. The van der Waals surface area contributed by atoms with Crippen LogP contribution in [0.15, 0.2) is 6.07 Å². The maximum Gasteiger partial charge on any atom is 0.227 e. The fraction of sp³-hybridized carbons (Fsp3) is 0.733. The molecule has 108 valence electrons. The van der Waals surface area contributed by atoms with Gasteiger partial charge in [0.15, 0.2) is 0 Å². The molecule has 0 atom stereocenters. The number of hydrogen-bond acceptors (Lipinski definition) is 4. The van der Waals surface area contributed by atoms with E-state index >= 15 is 0 Å². The second-order valence-electron chi connectivity index (χ2n) is 5.46. The average Bonchev–Trinajstić information content (AvgIpc) is 2.35. The van der Waals surface area contributed by atoms with Gasteiger partial charge in [0.25, 0.3) is 0 Å². The van der Waals surface area contributed by atoms with Crippen molar-refractivity contribution in [3.63, 3.8) is 0 Å². The molecule has 0 aliphatic rings. The summed E-state index contributed by atoms with van der Waals surface area (Å²) in [6.45, 7) is 13.8. The van der Waals surface area contributed by atoms with Crippen molar-refractivity contribution in [1.82, 2.24) is 9.97 Å². The van der Waals surface area contributed by atoms with E-state index in [1.807, 2.05) is 13.0 Å². The molecule has 0 saturated heterocycles. The number of nitrogens with one attached hydrogen (secondary N) is 1. The van der Waals surface area contributed by atoms with Gasteiger partial charge in [0.05, 0.1) is 0 Å². The van der Waals surface area contributed by atoms with E-state index in [1.54, 1.807) is 0 Å². The minimum Gasteiger partial charge on any atom is -0.370 e. The van der Waals surface area contributed by atoms with Crippen molar-refractivity contribution in [2.24, 2.45) is 5.92 Å². The van der Waals surface area contributed by atoms with Crippen molar-refractivity contribution in [2.45, 2.75) is 47.5 Å². The summed E-state index contributed by atoms with van der Waals surface area (Å²) in [6.07, 6.45) is 2.23. The van der Waals surface area contributed by atoms with Gasteiger partial charge in [0.2, 0.25) is 5.95 Å². The van der Waals surface area contributed by atoms with Crippen LogP contribution in [-0.2, 0) is 0 Å². The molecule has 1 N–H and O–H groups in total. The molecule has 0 radical (unpaired) electrons. The van der Waals surface area contributed by atoms with Crippen LogP contribution >= 0.6 is 0 Å². The van der Waals surface area contributed by atoms with Gasteiger partial charge in [-0.25, -0.2) is 4.98 Å². The molecule has 1 aromatic rings. The Labute approximate surface area is 117 Å². The molecule has 0 fully saturated rings. The second kappa shape index (κ2) is 7.97. The summed E-state index contributed by atoms with van der Waals surface area (Å²) in [5, 5.41) is 3.39. The summed E-state index contributed by atoms with van der Waals surface area (Å²) in [4.78, 5) is 11.5. The highest BCUT2D eigenvalue weighted by Crippen LogP contribution is 2.15. The van der Waals surface area contributed by atoms with Crippen LogP contribution in [0.5, 0.6) is 0 Å². The fourth-order valence-corrected chi connectivity index (χ4v) is 1.95. The van der Waals surface area contributed by atoms with Crippen LogP contribution in [0.2, 0.25) is 0 Å². The predicted molar refractivity (Wildman–Crippen MR) is 82.9 cm³/mol. The molecular formula is C15H28N4. The summed E-state index contributed by atoms with van der Waals surface area (Å²) in [5.74, 6) is 2.41. The van der Waals surface area contributed by atoms with E-state index in [-0.39, 0.29) is 0 Å². The SMILES string of the molecule is CCCN(CCC)c1nc(C)cc(NCC(C)C)n1. The third kappa shape index (κ3) is 5.45.